The van der Waals surface area contributed by atoms with Gasteiger partial charge >= 0.3 is 0 Å². The lowest BCUT2D eigenvalue weighted by molar-refractivity contribution is 0.765. The van der Waals surface area contributed by atoms with Crippen molar-refractivity contribution in [2.75, 3.05) is 0 Å². The van der Waals surface area contributed by atoms with E-state index in [0.717, 1.165) is 38.2 Å². The smallest absolute Gasteiger partial charge is 0.191 e. The number of hydrogen-bond donors (Lipinski definition) is 0. The maximum absolute atomic E-state index is 6.46. The van der Waals surface area contributed by atoms with E-state index in [1.54, 1.807) is 11.8 Å². The predicted octanol–water partition coefficient (Wildman–Crippen LogP) is 3.93. The zero-order valence-electron chi connectivity index (χ0n) is 12.1. The highest BCUT2D eigenvalue weighted by Gasteiger charge is 2.12. The van der Waals surface area contributed by atoms with Crippen LogP contribution in [0, 0.1) is 13.8 Å². The maximum Gasteiger partial charge on any atom is 0.191 e. The Kier molecular flexibility index (Phi) is 3.87. The van der Waals surface area contributed by atoms with Crippen molar-refractivity contribution in [2.24, 2.45) is 7.05 Å². The summed E-state index contributed by atoms with van der Waals surface area (Å²) in [6, 6.07) is 8.06. The van der Waals surface area contributed by atoms with Gasteiger partial charge in [-0.05, 0) is 25.5 Å². The lowest BCUT2D eigenvalue weighted by Gasteiger charge is -2.09. The molecule has 0 aliphatic heterocycles. The molecule has 0 saturated carbocycles. The van der Waals surface area contributed by atoms with Gasteiger partial charge in [0.15, 0.2) is 5.16 Å². The van der Waals surface area contributed by atoms with Gasteiger partial charge in [0.1, 0.15) is 5.82 Å². The van der Waals surface area contributed by atoms with E-state index < -0.39 is 0 Å². The summed E-state index contributed by atoms with van der Waals surface area (Å²) in [6.45, 7) is 3.97. The van der Waals surface area contributed by atoms with Gasteiger partial charge in [0.25, 0.3) is 0 Å². The van der Waals surface area contributed by atoms with Crippen molar-refractivity contribution in [1.82, 2.24) is 19.7 Å². The molecule has 1 aromatic carbocycles. The van der Waals surface area contributed by atoms with Gasteiger partial charge in [-0.2, -0.15) is 0 Å². The van der Waals surface area contributed by atoms with Gasteiger partial charge in [0.05, 0.1) is 16.2 Å². The van der Waals surface area contributed by atoms with Gasteiger partial charge in [-0.15, -0.1) is 10.2 Å². The van der Waals surface area contributed by atoms with Crippen LogP contribution in [0.4, 0.5) is 0 Å². The summed E-state index contributed by atoms with van der Waals surface area (Å²) in [5, 5.41) is 10.9. The third-order valence-corrected chi connectivity index (χ3v) is 5.07. The minimum absolute atomic E-state index is 0.677. The first-order valence-electron chi connectivity index (χ1n) is 6.60. The Labute approximate surface area is 132 Å². The largest absolute Gasteiger partial charge is 0.309 e. The van der Waals surface area contributed by atoms with Crippen LogP contribution in [-0.2, 0) is 12.8 Å². The molecule has 0 saturated heterocycles. The van der Waals surface area contributed by atoms with E-state index in [2.05, 4.69) is 15.2 Å². The van der Waals surface area contributed by atoms with Crippen LogP contribution in [0.5, 0.6) is 0 Å². The minimum atomic E-state index is 0.677. The molecule has 0 fully saturated rings. The summed E-state index contributed by atoms with van der Waals surface area (Å²) < 4.78 is 1.96. The number of pyridine rings is 1. The normalized spacial score (nSPS) is 11.2. The number of nitrogens with zero attached hydrogens (tertiary/aromatic N) is 4. The van der Waals surface area contributed by atoms with E-state index in [9.17, 15) is 0 Å². The number of benzene rings is 1. The molecule has 0 amide bonds. The van der Waals surface area contributed by atoms with Crippen molar-refractivity contribution in [2.45, 2.75) is 24.8 Å². The molecule has 2 aromatic heterocycles. The molecule has 108 valence electrons. The molecule has 4 nitrogen and oxygen atoms in total. The number of fused-ring (bicyclic) bond motifs is 1. The summed E-state index contributed by atoms with van der Waals surface area (Å²) in [5.74, 6) is 1.57. The number of halogens is 1. The standard InChI is InChI=1S/C15H15ClN4S/c1-9-11-6-4-5-7-12(11)17-13(14(9)16)8-21-15-19-18-10(2)20(15)3/h4-7H,8H2,1-3H3. The monoisotopic (exact) mass is 318 g/mol. The summed E-state index contributed by atoms with van der Waals surface area (Å²) >= 11 is 8.06. The van der Waals surface area contributed by atoms with Crippen LogP contribution >= 0.6 is 23.4 Å². The lowest BCUT2D eigenvalue weighted by atomic mass is 10.1. The van der Waals surface area contributed by atoms with E-state index in [1.165, 1.54) is 0 Å². The van der Waals surface area contributed by atoms with Gasteiger partial charge < -0.3 is 4.57 Å². The van der Waals surface area contributed by atoms with E-state index >= 15 is 0 Å². The molecule has 0 atom stereocenters. The van der Waals surface area contributed by atoms with Gasteiger partial charge in [-0.25, -0.2) is 0 Å². The highest BCUT2D eigenvalue weighted by atomic mass is 35.5. The SMILES string of the molecule is Cc1c(Cl)c(CSc2nnc(C)n2C)nc2ccccc12. The van der Waals surface area contributed by atoms with E-state index in [4.69, 9.17) is 11.6 Å². The third kappa shape index (κ3) is 2.63. The zero-order valence-corrected chi connectivity index (χ0v) is 13.7. The topological polar surface area (TPSA) is 43.6 Å². The van der Waals surface area contributed by atoms with E-state index in [1.807, 2.05) is 49.7 Å². The summed E-state index contributed by atoms with van der Waals surface area (Å²) in [4.78, 5) is 4.68. The van der Waals surface area contributed by atoms with Crippen LogP contribution in [0.1, 0.15) is 17.1 Å². The van der Waals surface area contributed by atoms with E-state index in [-0.39, 0.29) is 0 Å². The molecule has 6 heteroatoms. The molecule has 0 unspecified atom stereocenters. The average Bonchev–Trinajstić information content (AvgIpc) is 2.81. The van der Waals surface area contributed by atoms with Crippen LogP contribution in [-0.4, -0.2) is 19.7 Å². The van der Waals surface area contributed by atoms with Crippen LogP contribution < -0.4 is 0 Å². The summed E-state index contributed by atoms with van der Waals surface area (Å²) in [6.07, 6.45) is 0. The molecule has 0 N–H and O–H groups in total. The first kappa shape index (κ1) is 14.4. The molecule has 3 aromatic rings. The van der Waals surface area contributed by atoms with Crippen LogP contribution in [0.15, 0.2) is 29.4 Å². The number of rotatable bonds is 3. The van der Waals surface area contributed by atoms with Gasteiger partial charge in [-0.3, -0.25) is 4.98 Å². The highest BCUT2D eigenvalue weighted by Crippen LogP contribution is 2.30. The zero-order chi connectivity index (χ0) is 15.0. The van der Waals surface area contributed by atoms with Gasteiger partial charge in [0.2, 0.25) is 0 Å². The Bertz CT molecular complexity index is 813. The molecule has 0 radical (unpaired) electrons. The highest BCUT2D eigenvalue weighted by molar-refractivity contribution is 7.98. The van der Waals surface area contributed by atoms with Crippen molar-refractivity contribution in [3.63, 3.8) is 0 Å². The van der Waals surface area contributed by atoms with Crippen molar-refractivity contribution in [1.29, 1.82) is 0 Å². The van der Waals surface area contributed by atoms with Crippen LogP contribution in [0.2, 0.25) is 5.02 Å². The fourth-order valence-electron chi connectivity index (χ4n) is 2.16. The third-order valence-electron chi connectivity index (χ3n) is 3.54. The molecule has 3 rings (SSSR count). The fourth-order valence-corrected chi connectivity index (χ4v) is 3.35. The Morgan fingerprint density at radius 2 is 1.95 bits per heavy atom. The summed E-state index contributed by atoms with van der Waals surface area (Å²) in [5.41, 5.74) is 2.94. The van der Waals surface area contributed by atoms with Crippen LogP contribution in [0.25, 0.3) is 10.9 Å². The molecule has 0 bridgehead atoms. The number of hydrogen-bond acceptors (Lipinski definition) is 4. The molecule has 2 heterocycles. The molecule has 0 aliphatic carbocycles. The molecular formula is C15H15ClN4S. The van der Waals surface area contributed by atoms with Gasteiger partial charge in [-0.1, -0.05) is 41.6 Å². The average molecular weight is 319 g/mol. The molecule has 0 aliphatic rings. The molecule has 21 heavy (non-hydrogen) atoms. The number of aromatic nitrogens is 4. The Hall–Kier alpha value is -1.59. The number of para-hydroxylation sites is 1. The number of aryl methyl sites for hydroxylation is 2. The van der Waals surface area contributed by atoms with Gasteiger partial charge in [0, 0.05) is 18.2 Å². The second-order valence-corrected chi connectivity index (χ2v) is 6.21. The number of thioether (sulfide) groups is 1. The second-order valence-electron chi connectivity index (χ2n) is 4.89. The quantitative estimate of drug-likeness (QED) is 0.686. The Morgan fingerprint density at radius 1 is 1.19 bits per heavy atom. The fraction of sp³-hybridized carbons (Fsp3) is 0.267. The first-order chi connectivity index (χ1) is 10.1. The second kappa shape index (κ2) is 5.66. The molecular weight excluding hydrogens is 304 g/mol. The maximum atomic E-state index is 6.46. The Balaban J connectivity index is 1.94. The first-order valence-corrected chi connectivity index (χ1v) is 7.97. The van der Waals surface area contributed by atoms with Crippen molar-refractivity contribution < 1.29 is 0 Å². The lowest BCUT2D eigenvalue weighted by Crippen LogP contribution is -1.97. The predicted molar refractivity (Wildman–Crippen MR) is 86.8 cm³/mol. The van der Waals surface area contributed by atoms with Crippen molar-refractivity contribution >= 4 is 34.3 Å². The summed E-state index contributed by atoms with van der Waals surface area (Å²) in [7, 11) is 1.96. The Morgan fingerprint density at radius 3 is 2.67 bits per heavy atom. The van der Waals surface area contributed by atoms with E-state index in [0.29, 0.717) is 5.75 Å². The molecule has 0 spiro atoms. The van der Waals surface area contributed by atoms with Crippen molar-refractivity contribution in [3.8, 4) is 0 Å². The van der Waals surface area contributed by atoms with Crippen LogP contribution in [0.3, 0.4) is 0 Å². The van der Waals surface area contributed by atoms with Crippen molar-refractivity contribution in [3.05, 3.63) is 46.4 Å². The minimum Gasteiger partial charge on any atom is -0.309 e.